The highest BCUT2D eigenvalue weighted by Crippen LogP contribution is 2.22. The van der Waals surface area contributed by atoms with E-state index in [2.05, 4.69) is 30.5 Å². The molecule has 1 aliphatic heterocycles. The molecular formula is C10H10BrN3. The van der Waals surface area contributed by atoms with Gasteiger partial charge in [-0.05, 0) is 34.8 Å². The number of imidazole rings is 1. The zero-order chi connectivity index (χ0) is 9.54. The maximum Gasteiger partial charge on any atom is 0.160 e. The van der Waals surface area contributed by atoms with Gasteiger partial charge < -0.3 is 4.57 Å². The molecule has 14 heavy (non-hydrogen) atoms. The van der Waals surface area contributed by atoms with E-state index in [0.29, 0.717) is 0 Å². The summed E-state index contributed by atoms with van der Waals surface area (Å²) in [6.45, 7) is 1.07. The molecule has 0 N–H and O–H groups in total. The fraction of sp³-hybridized carbons (Fsp3) is 0.400. The second kappa shape index (κ2) is 3.05. The van der Waals surface area contributed by atoms with Crippen LogP contribution in [0.25, 0.3) is 11.2 Å². The quantitative estimate of drug-likeness (QED) is 0.721. The Morgan fingerprint density at radius 3 is 3.21 bits per heavy atom. The molecule has 0 spiro atoms. The summed E-state index contributed by atoms with van der Waals surface area (Å²) in [5.41, 5.74) is 2.04. The Morgan fingerprint density at radius 2 is 2.29 bits per heavy atom. The molecule has 4 heteroatoms. The molecule has 3 nitrogen and oxygen atoms in total. The van der Waals surface area contributed by atoms with Gasteiger partial charge in [-0.15, -0.1) is 0 Å². The first-order valence-corrected chi connectivity index (χ1v) is 5.64. The fourth-order valence-electron chi connectivity index (χ4n) is 2.01. The molecule has 0 aliphatic carbocycles. The highest BCUT2D eigenvalue weighted by atomic mass is 79.9. The van der Waals surface area contributed by atoms with E-state index in [9.17, 15) is 0 Å². The van der Waals surface area contributed by atoms with Crippen molar-refractivity contribution in [3.8, 4) is 0 Å². The van der Waals surface area contributed by atoms with Crippen LogP contribution in [0.1, 0.15) is 18.7 Å². The minimum Gasteiger partial charge on any atom is -0.313 e. The lowest BCUT2D eigenvalue weighted by Crippen LogP contribution is -2.10. The molecule has 0 unspecified atom stereocenters. The van der Waals surface area contributed by atoms with Crippen LogP contribution < -0.4 is 0 Å². The lowest BCUT2D eigenvalue weighted by molar-refractivity contribution is 0.530. The fourth-order valence-corrected chi connectivity index (χ4v) is 2.33. The summed E-state index contributed by atoms with van der Waals surface area (Å²) in [6.07, 6.45) is 5.43. The number of aromatic nitrogens is 3. The molecule has 0 bridgehead atoms. The minimum absolute atomic E-state index is 1.00. The monoisotopic (exact) mass is 251 g/mol. The predicted octanol–water partition coefficient (Wildman–Crippen LogP) is 2.53. The number of rotatable bonds is 0. The Morgan fingerprint density at radius 1 is 1.36 bits per heavy atom. The van der Waals surface area contributed by atoms with Gasteiger partial charge >= 0.3 is 0 Å². The van der Waals surface area contributed by atoms with E-state index < -0.39 is 0 Å². The van der Waals surface area contributed by atoms with Gasteiger partial charge in [0.1, 0.15) is 11.3 Å². The van der Waals surface area contributed by atoms with E-state index in [1.807, 2.05) is 12.3 Å². The highest BCUT2D eigenvalue weighted by Gasteiger charge is 2.14. The standard InChI is InChI=1S/C10H10BrN3/c11-7-5-8-10(12-6-7)14-4-2-1-3-9(14)13-8/h5-6H,1-4H2. The van der Waals surface area contributed by atoms with Gasteiger partial charge in [0.2, 0.25) is 0 Å². The van der Waals surface area contributed by atoms with E-state index >= 15 is 0 Å². The normalized spacial score (nSPS) is 15.8. The van der Waals surface area contributed by atoms with Crippen molar-refractivity contribution in [3.63, 3.8) is 0 Å². The van der Waals surface area contributed by atoms with Gasteiger partial charge in [0, 0.05) is 23.6 Å². The van der Waals surface area contributed by atoms with E-state index in [1.165, 1.54) is 18.7 Å². The van der Waals surface area contributed by atoms with Crippen LogP contribution in [-0.2, 0) is 13.0 Å². The number of pyridine rings is 1. The van der Waals surface area contributed by atoms with Crippen LogP contribution in [0.5, 0.6) is 0 Å². The van der Waals surface area contributed by atoms with Gasteiger partial charge in [-0.25, -0.2) is 9.97 Å². The molecule has 2 aromatic heterocycles. The van der Waals surface area contributed by atoms with Crippen LogP contribution in [0.4, 0.5) is 0 Å². The third kappa shape index (κ3) is 1.17. The zero-order valence-electron chi connectivity index (χ0n) is 7.70. The van der Waals surface area contributed by atoms with Crippen LogP contribution >= 0.6 is 15.9 Å². The second-order valence-electron chi connectivity index (χ2n) is 3.63. The number of hydrogen-bond donors (Lipinski definition) is 0. The second-order valence-corrected chi connectivity index (χ2v) is 4.55. The smallest absolute Gasteiger partial charge is 0.160 e. The molecule has 0 amide bonds. The van der Waals surface area contributed by atoms with Gasteiger partial charge in [-0.3, -0.25) is 0 Å². The van der Waals surface area contributed by atoms with Gasteiger partial charge in [0.15, 0.2) is 5.65 Å². The van der Waals surface area contributed by atoms with Crippen molar-refractivity contribution in [3.05, 3.63) is 22.6 Å². The maximum atomic E-state index is 4.58. The Balaban J connectivity index is 2.31. The first kappa shape index (κ1) is 8.41. The van der Waals surface area contributed by atoms with Crippen LogP contribution in [0.2, 0.25) is 0 Å². The van der Waals surface area contributed by atoms with Crippen molar-refractivity contribution in [2.24, 2.45) is 0 Å². The van der Waals surface area contributed by atoms with Crippen LogP contribution in [0.15, 0.2) is 16.7 Å². The van der Waals surface area contributed by atoms with Gasteiger partial charge in [-0.1, -0.05) is 0 Å². The predicted molar refractivity (Wildman–Crippen MR) is 58.2 cm³/mol. The topological polar surface area (TPSA) is 30.7 Å². The van der Waals surface area contributed by atoms with Crippen molar-refractivity contribution in [1.29, 1.82) is 0 Å². The van der Waals surface area contributed by atoms with Crippen molar-refractivity contribution in [1.82, 2.24) is 14.5 Å². The van der Waals surface area contributed by atoms with Crippen molar-refractivity contribution < 1.29 is 0 Å². The number of nitrogens with zero attached hydrogens (tertiary/aromatic N) is 3. The summed E-state index contributed by atoms with van der Waals surface area (Å²) in [6, 6.07) is 2.04. The Bertz CT molecular complexity index is 489. The van der Waals surface area contributed by atoms with Crippen molar-refractivity contribution in [2.75, 3.05) is 0 Å². The van der Waals surface area contributed by atoms with E-state index in [0.717, 1.165) is 28.6 Å². The molecule has 72 valence electrons. The minimum atomic E-state index is 1.00. The lowest BCUT2D eigenvalue weighted by Gasteiger charge is -2.12. The van der Waals surface area contributed by atoms with E-state index in [1.54, 1.807) is 0 Å². The SMILES string of the molecule is Brc1cnc2c(c1)nc1n2CCCC1. The Kier molecular flexibility index (Phi) is 1.83. The molecule has 1 aliphatic rings. The van der Waals surface area contributed by atoms with E-state index in [-0.39, 0.29) is 0 Å². The van der Waals surface area contributed by atoms with Crippen LogP contribution in [0, 0.1) is 0 Å². The lowest BCUT2D eigenvalue weighted by atomic mass is 10.2. The molecular weight excluding hydrogens is 242 g/mol. The molecule has 0 fully saturated rings. The number of aryl methyl sites for hydroxylation is 2. The summed E-state index contributed by atoms with van der Waals surface area (Å²) in [7, 11) is 0. The number of halogens is 1. The molecule has 3 heterocycles. The third-order valence-corrected chi connectivity index (χ3v) is 3.10. The first-order valence-electron chi connectivity index (χ1n) is 4.85. The average molecular weight is 252 g/mol. The average Bonchev–Trinajstić information content (AvgIpc) is 2.54. The van der Waals surface area contributed by atoms with Crippen LogP contribution in [-0.4, -0.2) is 14.5 Å². The van der Waals surface area contributed by atoms with Gasteiger partial charge in [0.25, 0.3) is 0 Å². The first-order chi connectivity index (χ1) is 6.84. The summed E-state index contributed by atoms with van der Waals surface area (Å²) >= 11 is 3.41. The molecule has 0 radical (unpaired) electrons. The number of fused-ring (bicyclic) bond motifs is 3. The highest BCUT2D eigenvalue weighted by molar-refractivity contribution is 9.10. The van der Waals surface area contributed by atoms with E-state index in [4.69, 9.17) is 0 Å². The van der Waals surface area contributed by atoms with Crippen molar-refractivity contribution >= 4 is 27.1 Å². The maximum absolute atomic E-state index is 4.58. The third-order valence-electron chi connectivity index (χ3n) is 2.66. The zero-order valence-corrected chi connectivity index (χ0v) is 9.29. The van der Waals surface area contributed by atoms with Gasteiger partial charge in [-0.2, -0.15) is 0 Å². The molecule has 0 saturated heterocycles. The van der Waals surface area contributed by atoms with Crippen molar-refractivity contribution in [2.45, 2.75) is 25.8 Å². The molecule has 0 aromatic carbocycles. The molecule has 0 atom stereocenters. The summed E-state index contributed by atoms with van der Waals surface area (Å²) < 4.78 is 3.24. The number of hydrogen-bond acceptors (Lipinski definition) is 2. The summed E-state index contributed by atoms with van der Waals surface area (Å²) in [5.74, 6) is 1.19. The Labute approximate surface area is 90.3 Å². The Hall–Kier alpha value is -0.900. The van der Waals surface area contributed by atoms with Gasteiger partial charge in [0.05, 0.1) is 0 Å². The largest absolute Gasteiger partial charge is 0.313 e. The molecule has 0 saturated carbocycles. The summed E-state index contributed by atoms with van der Waals surface area (Å²) in [5, 5.41) is 0. The molecule has 2 aromatic rings. The van der Waals surface area contributed by atoms with Crippen LogP contribution in [0.3, 0.4) is 0 Å². The summed E-state index contributed by atoms with van der Waals surface area (Å²) in [4.78, 5) is 8.99. The molecule has 3 rings (SSSR count).